The van der Waals surface area contributed by atoms with Gasteiger partial charge in [-0.1, -0.05) is 19.9 Å². The standard InChI is InChI=1S/C23H36N8O/c1-14(2)13-31(6)23-29-21(26-18-9-10-24-12-18)28-22(30-23)27-19-11-17(8-7-16(19)5)20(32)25-15(3)4/h7-8,11,14-15,18,24H,9-10,12-13H2,1-6H3,(H,25,32)(H2,26,27,28,29,30)/t18-/m1/s1. The topological polar surface area (TPSA) is 107 Å². The average Bonchev–Trinajstić information content (AvgIpc) is 3.21. The molecule has 1 aliphatic rings. The van der Waals surface area contributed by atoms with Gasteiger partial charge in [-0.3, -0.25) is 4.79 Å². The molecule has 0 aliphatic carbocycles. The number of rotatable bonds is 9. The molecule has 0 radical (unpaired) electrons. The summed E-state index contributed by atoms with van der Waals surface area (Å²) in [6.45, 7) is 12.9. The number of benzene rings is 1. The molecule has 1 amide bonds. The van der Waals surface area contributed by atoms with Gasteiger partial charge in [-0.2, -0.15) is 15.0 Å². The van der Waals surface area contributed by atoms with E-state index in [1.807, 2.05) is 50.9 Å². The molecule has 32 heavy (non-hydrogen) atoms. The summed E-state index contributed by atoms with van der Waals surface area (Å²) in [5, 5.41) is 13.0. The smallest absolute Gasteiger partial charge is 0.251 e. The zero-order valence-corrected chi connectivity index (χ0v) is 20.0. The Morgan fingerprint density at radius 3 is 2.59 bits per heavy atom. The fourth-order valence-electron chi connectivity index (χ4n) is 3.61. The highest BCUT2D eigenvalue weighted by molar-refractivity contribution is 5.95. The molecule has 1 fully saturated rings. The van der Waals surface area contributed by atoms with Gasteiger partial charge < -0.3 is 26.2 Å². The number of nitrogens with one attached hydrogen (secondary N) is 4. The van der Waals surface area contributed by atoms with Gasteiger partial charge in [-0.05, 0) is 57.4 Å². The third kappa shape index (κ3) is 6.53. The van der Waals surface area contributed by atoms with Crippen LogP contribution < -0.4 is 26.2 Å². The van der Waals surface area contributed by atoms with Gasteiger partial charge in [0, 0.05) is 43.5 Å². The van der Waals surface area contributed by atoms with Crippen molar-refractivity contribution in [3.05, 3.63) is 29.3 Å². The summed E-state index contributed by atoms with van der Waals surface area (Å²) in [6, 6.07) is 5.95. The van der Waals surface area contributed by atoms with Crippen molar-refractivity contribution in [3.8, 4) is 0 Å². The Balaban J connectivity index is 1.89. The molecule has 0 spiro atoms. The first-order valence-electron chi connectivity index (χ1n) is 11.3. The number of carbonyl (C=O) groups excluding carboxylic acids is 1. The lowest BCUT2D eigenvalue weighted by molar-refractivity contribution is 0.0943. The van der Waals surface area contributed by atoms with E-state index in [4.69, 9.17) is 0 Å². The number of amides is 1. The summed E-state index contributed by atoms with van der Waals surface area (Å²) in [6.07, 6.45) is 1.03. The third-order valence-electron chi connectivity index (χ3n) is 5.16. The predicted molar refractivity (Wildman–Crippen MR) is 130 cm³/mol. The van der Waals surface area contributed by atoms with Crippen LogP contribution in [0.3, 0.4) is 0 Å². The maximum Gasteiger partial charge on any atom is 0.251 e. The van der Waals surface area contributed by atoms with Crippen LogP contribution in [0.1, 0.15) is 50.0 Å². The Bertz CT molecular complexity index is 924. The minimum Gasteiger partial charge on any atom is -0.350 e. The first-order valence-corrected chi connectivity index (χ1v) is 11.3. The third-order valence-corrected chi connectivity index (χ3v) is 5.16. The van der Waals surface area contributed by atoms with Gasteiger partial charge in [-0.15, -0.1) is 0 Å². The molecule has 1 aliphatic heterocycles. The molecule has 0 unspecified atom stereocenters. The van der Waals surface area contributed by atoms with Crippen LogP contribution in [-0.2, 0) is 0 Å². The lowest BCUT2D eigenvalue weighted by Crippen LogP contribution is -2.30. The lowest BCUT2D eigenvalue weighted by atomic mass is 10.1. The Hall–Kier alpha value is -2.94. The molecular formula is C23H36N8O. The molecule has 9 heteroatoms. The Labute approximate surface area is 190 Å². The van der Waals surface area contributed by atoms with Crippen molar-refractivity contribution in [2.45, 2.75) is 53.1 Å². The van der Waals surface area contributed by atoms with E-state index in [-0.39, 0.29) is 11.9 Å². The normalized spacial score (nSPS) is 15.8. The molecule has 9 nitrogen and oxygen atoms in total. The van der Waals surface area contributed by atoms with E-state index >= 15 is 0 Å². The number of aryl methyl sites for hydroxylation is 1. The largest absolute Gasteiger partial charge is 0.350 e. The SMILES string of the molecule is Cc1ccc(C(=O)NC(C)C)cc1Nc1nc(N[C@@H]2CCNC2)nc(N(C)CC(C)C)n1. The van der Waals surface area contributed by atoms with Gasteiger partial charge >= 0.3 is 0 Å². The monoisotopic (exact) mass is 440 g/mol. The maximum absolute atomic E-state index is 12.5. The molecule has 2 heterocycles. The lowest BCUT2D eigenvalue weighted by Gasteiger charge is -2.21. The fraction of sp³-hybridized carbons (Fsp3) is 0.565. The molecule has 1 aromatic carbocycles. The highest BCUT2D eigenvalue weighted by atomic mass is 16.1. The molecule has 174 valence electrons. The minimum atomic E-state index is -0.104. The number of carbonyl (C=O) groups is 1. The quantitative estimate of drug-likeness (QED) is 0.472. The van der Waals surface area contributed by atoms with Crippen LogP contribution in [0.25, 0.3) is 0 Å². The van der Waals surface area contributed by atoms with Crippen molar-refractivity contribution in [1.29, 1.82) is 0 Å². The maximum atomic E-state index is 12.5. The van der Waals surface area contributed by atoms with Gasteiger partial charge in [0.15, 0.2) is 0 Å². The number of hydrogen-bond acceptors (Lipinski definition) is 8. The molecular weight excluding hydrogens is 404 g/mol. The second kappa shape index (κ2) is 10.6. The minimum absolute atomic E-state index is 0.0708. The Morgan fingerprint density at radius 2 is 1.94 bits per heavy atom. The summed E-state index contributed by atoms with van der Waals surface area (Å²) in [5.41, 5.74) is 2.38. The zero-order chi connectivity index (χ0) is 23.3. The molecule has 4 N–H and O–H groups in total. The van der Waals surface area contributed by atoms with Gasteiger partial charge in [0.2, 0.25) is 17.8 Å². The zero-order valence-electron chi connectivity index (χ0n) is 20.0. The summed E-state index contributed by atoms with van der Waals surface area (Å²) in [5.74, 6) is 1.97. The van der Waals surface area contributed by atoms with E-state index in [1.165, 1.54) is 0 Å². The second-order valence-electron chi connectivity index (χ2n) is 9.17. The highest BCUT2D eigenvalue weighted by Crippen LogP contribution is 2.23. The van der Waals surface area contributed by atoms with Crippen molar-refractivity contribution in [3.63, 3.8) is 0 Å². The molecule has 3 rings (SSSR count). The van der Waals surface area contributed by atoms with E-state index in [9.17, 15) is 4.79 Å². The molecule has 2 aromatic rings. The summed E-state index contributed by atoms with van der Waals surface area (Å²) in [7, 11) is 1.99. The average molecular weight is 441 g/mol. The van der Waals surface area contributed by atoms with Crippen LogP contribution >= 0.6 is 0 Å². The predicted octanol–water partition coefficient (Wildman–Crippen LogP) is 2.93. The van der Waals surface area contributed by atoms with Gasteiger partial charge in [0.1, 0.15) is 0 Å². The van der Waals surface area contributed by atoms with Gasteiger partial charge in [0.05, 0.1) is 0 Å². The van der Waals surface area contributed by atoms with Crippen LogP contribution in [-0.4, -0.2) is 59.6 Å². The molecule has 1 aromatic heterocycles. The van der Waals surface area contributed by atoms with Crippen LogP contribution in [0.5, 0.6) is 0 Å². The van der Waals surface area contributed by atoms with Crippen molar-refractivity contribution in [2.24, 2.45) is 5.92 Å². The second-order valence-corrected chi connectivity index (χ2v) is 9.17. The van der Waals surface area contributed by atoms with Crippen molar-refractivity contribution in [2.75, 3.05) is 42.2 Å². The van der Waals surface area contributed by atoms with Crippen LogP contribution in [0.15, 0.2) is 18.2 Å². The summed E-state index contributed by atoms with van der Waals surface area (Å²) >= 11 is 0. The van der Waals surface area contributed by atoms with E-state index in [1.54, 1.807) is 0 Å². The van der Waals surface area contributed by atoms with E-state index in [0.29, 0.717) is 35.4 Å². The fourth-order valence-corrected chi connectivity index (χ4v) is 3.61. The van der Waals surface area contributed by atoms with E-state index in [0.717, 1.165) is 37.3 Å². The van der Waals surface area contributed by atoms with Crippen molar-refractivity contribution < 1.29 is 4.79 Å². The number of aromatic nitrogens is 3. The molecule has 0 bridgehead atoms. The Morgan fingerprint density at radius 1 is 1.19 bits per heavy atom. The van der Waals surface area contributed by atoms with Crippen LogP contribution in [0, 0.1) is 12.8 Å². The first-order chi connectivity index (χ1) is 15.2. The molecule has 1 atom stereocenters. The van der Waals surface area contributed by atoms with E-state index in [2.05, 4.69) is 50.1 Å². The van der Waals surface area contributed by atoms with Crippen LogP contribution in [0.4, 0.5) is 23.5 Å². The summed E-state index contributed by atoms with van der Waals surface area (Å²) in [4.78, 5) is 28.4. The summed E-state index contributed by atoms with van der Waals surface area (Å²) < 4.78 is 0. The van der Waals surface area contributed by atoms with Crippen molar-refractivity contribution in [1.82, 2.24) is 25.6 Å². The van der Waals surface area contributed by atoms with Crippen LogP contribution in [0.2, 0.25) is 0 Å². The number of hydrogen-bond donors (Lipinski definition) is 4. The number of nitrogens with zero attached hydrogens (tertiary/aromatic N) is 4. The molecule has 1 saturated heterocycles. The number of anilines is 4. The van der Waals surface area contributed by atoms with E-state index < -0.39 is 0 Å². The first kappa shape index (κ1) is 23.7. The van der Waals surface area contributed by atoms with Gasteiger partial charge in [0.25, 0.3) is 5.91 Å². The molecule has 0 saturated carbocycles. The highest BCUT2D eigenvalue weighted by Gasteiger charge is 2.18. The van der Waals surface area contributed by atoms with Crippen molar-refractivity contribution >= 4 is 29.4 Å². The van der Waals surface area contributed by atoms with Gasteiger partial charge in [-0.25, -0.2) is 0 Å². The Kier molecular flexibility index (Phi) is 7.84.